The minimum atomic E-state index is -0.787. The number of hydrogen-bond acceptors (Lipinski definition) is 10. The van der Waals surface area contributed by atoms with E-state index in [1.807, 2.05) is 18.9 Å². The van der Waals surface area contributed by atoms with Crippen LogP contribution < -0.4 is 14.8 Å². The summed E-state index contributed by atoms with van der Waals surface area (Å²) in [5.74, 6) is -0.863. The number of fused-ring (bicyclic) bond motifs is 6. The molecule has 40 heavy (non-hydrogen) atoms. The van der Waals surface area contributed by atoms with Gasteiger partial charge in [0, 0.05) is 54.9 Å². The van der Waals surface area contributed by atoms with E-state index in [0.29, 0.717) is 23.5 Å². The fourth-order valence-corrected chi connectivity index (χ4v) is 7.06. The molecule has 1 aromatic rings. The number of hydrogen-bond donors (Lipinski definition) is 2. The van der Waals surface area contributed by atoms with Gasteiger partial charge in [0.15, 0.2) is 18.3 Å². The van der Waals surface area contributed by atoms with Crippen LogP contribution in [0.4, 0.5) is 0 Å². The first-order valence-corrected chi connectivity index (χ1v) is 13.2. The molecule has 11 nitrogen and oxygen atoms in total. The third-order valence-electron chi connectivity index (χ3n) is 8.73. The highest BCUT2D eigenvalue weighted by Gasteiger charge is 2.57. The summed E-state index contributed by atoms with van der Waals surface area (Å²) < 4.78 is 17.1. The van der Waals surface area contributed by atoms with Crippen LogP contribution in [0.3, 0.4) is 0 Å². The largest absolute Gasteiger partial charge is 0.507 e. The van der Waals surface area contributed by atoms with Crippen LogP contribution in [0, 0.1) is 18.3 Å². The Balaban J connectivity index is 1.76. The molecule has 1 fully saturated rings. The van der Waals surface area contributed by atoms with Crippen LogP contribution in [0.5, 0.6) is 11.5 Å². The molecule has 3 aliphatic heterocycles. The van der Waals surface area contributed by atoms with Gasteiger partial charge in [0.2, 0.25) is 17.5 Å². The number of benzene rings is 1. The number of ketones is 2. The smallest absolute Gasteiger partial charge is 0.232 e. The third kappa shape index (κ3) is 4.01. The first kappa shape index (κ1) is 27.8. The quantitative estimate of drug-likeness (QED) is 0.305. The van der Waals surface area contributed by atoms with Gasteiger partial charge >= 0.3 is 0 Å². The Kier molecular flexibility index (Phi) is 7.20. The molecule has 1 aliphatic carbocycles. The fraction of sp³-hybridized carbons (Fsp3) is 0.517. The van der Waals surface area contributed by atoms with Gasteiger partial charge in [-0.25, -0.2) is 0 Å². The lowest BCUT2D eigenvalue weighted by molar-refractivity contribution is -0.134. The van der Waals surface area contributed by atoms with Crippen molar-refractivity contribution in [1.29, 1.82) is 5.26 Å². The van der Waals surface area contributed by atoms with E-state index in [4.69, 9.17) is 14.2 Å². The van der Waals surface area contributed by atoms with Gasteiger partial charge in [0.25, 0.3) is 0 Å². The maximum absolute atomic E-state index is 13.4. The summed E-state index contributed by atoms with van der Waals surface area (Å²) in [5.41, 5.74) is 3.35. The van der Waals surface area contributed by atoms with Crippen LogP contribution in [0.15, 0.2) is 28.5 Å². The second kappa shape index (κ2) is 10.4. The predicted octanol–water partition coefficient (Wildman–Crippen LogP) is 1.65. The molecule has 0 radical (unpaired) electrons. The number of amides is 1. The maximum atomic E-state index is 13.4. The van der Waals surface area contributed by atoms with E-state index in [-0.39, 0.29) is 54.7 Å². The van der Waals surface area contributed by atoms with Crippen LogP contribution in [0.2, 0.25) is 0 Å². The number of ether oxygens (including phenoxy) is 3. The molecule has 2 unspecified atom stereocenters. The number of likely N-dealkylation sites (N-methyl/N-ethyl adjacent to an activating group) is 1. The molecule has 2 bridgehead atoms. The summed E-state index contributed by atoms with van der Waals surface area (Å²) in [5, 5.41) is 24.5. The first-order valence-electron chi connectivity index (χ1n) is 13.2. The molecular weight excluding hydrogens is 516 g/mol. The topological polar surface area (TPSA) is 141 Å². The SMILES string of the molecule is COCOc1c(OC)c(C)cc2c1[C@@H]1C3CC4=C(C(=O)C(=O)C(C)=C4O)[C@H](CNC(C)=O)N3[C@@H](C#N)C(C2)N1C. The number of carbonyl (C=O) groups is 3. The van der Waals surface area contributed by atoms with Crippen LogP contribution >= 0.6 is 0 Å². The average Bonchev–Trinajstić information content (AvgIpc) is 2.92. The summed E-state index contributed by atoms with van der Waals surface area (Å²) in [7, 11) is 5.09. The zero-order valence-electron chi connectivity index (χ0n) is 23.5. The van der Waals surface area contributed by atoms with Crippen LogP contribution in [-0.2, 0) is 25.5 Å². The zero-order valence-corrected chi connectivity index (χ0v) is 23.5. The van der Waals surface area contributed by atoms with Crippen LogP contribution in [0.25, 0.3) is 0 Å². The van der Waals surface area contributed by atoms with E-state index in [0.717, 1.165) is 16.7 Å². The van der Waals surface area contributed by atoms with Crippen LogP contribution in [-0.4, -0.2) is 91.2 Å². The number of aliphatic hydroxyl groups excluding tert-OH is 1. The maximum Gasteiger partial charge on any atom is 0.232 e. The van der Waals surface area contributed by atoms with Crippen molar-refractivity contribution in [3.05, 3.63) is 45.2 Å². The minimum Gasteiger partial charge on any atom is -0.507 e. The number of nitriles is 1. The van der Waals surface area contributed by atoms with Gasteiger partial charge in [-0.3, -0.25) is 24.2 Å². The lowest BCUT2D eigenvalue weighted by atomic mass is 9.70. The Morgan fingerprint density at radius 2 is 1.90 bits per heavy atom. The molecule has 2 N–H and O–H groups in total. The van der Waals surface area contributed by atoms with Crippen molar-refractivity contribution in [3.8, 4) is 17.6 Å². The summed E-state index contributed by atoms with van der Waals surface area (Å²) in [4.78, 5) is 42.4. The number of methoxy groups -OCH3 is 2. The van der Waals surface area contributed by atoms with Crippen molar-refractivity contribution in [2.24, 2.45) is 0 Å². The lowest BCUT2D eigenvalue weighted by Crippen LogP contribution is -2.71. The van der Waals surface area contributed by atoms with Crippen molar-refractivity contribution < 1.29 is 33.7 Å². The summed E-state index contributed by atoms with van der Waals surface area (Å²) in [6.45, 7) is 4.76. The molecule has 0 spiro atoms. The molecule has 0 aromatic heterocycles. The standard InChI is InChI=1S/C29H34N4O7/c1-13-7-16-8-18-20(10-30)33-19(24(32(18)4)22(16)29(28(13)39-6)40-12-38-5)9-17-23(21(33)11-31-15(3)34)27(37)26(36)14(2)25(17)35/h7,18-21,24,35H,8-9,11-12H2,1-6H3,(H,31,34)/t18?,19?,20-,21-,24-/m0/s1. The Morgan fingerprint density at radius 3 is 2.52 bits per heavy atom. The van der Waals surface area contributed by atoms with Gasteiger partial charge < -0.3 is 24.6 Å². The van der Waals surface area contributed by atoms with Crippen molar-refractivity contribution >= 4 is 17.5 Å². The Hall–Kier alpha value is -3.72. The lowest BCUT2D eigenvalue weighted by Gasteiger charge is -2.60. The number of aliphatic hydroxyl groups is 1. The van der Waals surface area contributed by atoms with E-state index in [2.05, 4.69) is 22.4 Å². The number of rotatable bonds is 6. The summed E-state index contributed by atoms with van der Waals surface area (Å²) in [6.07, 6.45) is 0.751. The van der Waals surface area contributed by atoms with Gasteiger partial charge in [-0.15, -0.1) is 0 Å². The molecule has 212 valence electrons. The van der Waals surface area contributed by atoms with E-state index >= 15 is 0 Å². The Morgan fingerprint density at radius 1 is 1.18 bits per heavy atom. The Labute approximate surface area is 233 Å². The van der Waals surface area contributed by atoms with E-state index < -0.39 is 29.7 Å². The van der Waals surface area contributed by atoms with E-state index in [9.17, 15) is 24.8 Å². The third-order valence-corrected chi connectivity index (χ3v) is 8.73. The predicted molar refractivity (Wildman–Crippen MR) is 143 cm³/mol. The summed E-state index contributed by atoms with van der Waals surface area (Å²) >= 11 is 0. The molecule has 4 aliphatic rings. The molecule has 5 atom stereocenters. The molecule has 1 amide bonds. The van der Waals surface area contributed by atoms with Crippen LogP contribution in [0.1, 0.15) is 43.0 Å². The normalized spacial score (nSPS) is 28.0. The average molecular weight is 551 g/mol. The second-order valence-corrected chi connectivity index (χ2v) is 10.8. The molecule has 1 saturated heterocycles. The van der Waals surface area contributed by atoms with Gasteiger partial charge in [-0.05, 0) is 44.9 Å². The number of piperazine rings is 1. The highest BCUT2D eigenvalue weighted by Crippen LogP contribution is 2.54. The van der Waals surface area contributed by atoms with Gasteiger partial charge in [0.05, 0.1) is 25.3 Å². The molecule has 11 heteroatoms. The van der Waals surface area contributed by atoms with Gasteiger partial charge in [-0.2, -0.15) is 5.26 Å². The molecule has 1 aromatic carbocycles. The molecule has 3 heterocycles. The highest BCUT2D eigenvalue weighted by molar-refractivity contribution is 6.50. The van der Waals surface area contributed by atoms with E-state index in [1.165, 1.54) is 21.0 Å². The number of allylic oxidation sites excluding steroid dienone is 2. The Bertz CT molecular complexity index is 1410. The summed E-state index contributed by atoms with van der Waals surface area (Å²) in [6, 6.07) is 2.11. The van der Waals surface area contributed by atoms with Crippen molar-refractivity contribution in [3.63, 3.8) is 0 Å². The van der Waals surface area contributed by atoms with Gasteiger partial charge in [-0.1, -0.05) is 6.07 Å². The number of nitrogens with zero attached hydrogens (tertiary/aromatic N) is 3. The van der Waals surface area contributed by atoms with Crippen molar-refractivity contribution in [2.45, 2.75) is 63.8 Å². The van der Waals surface area contributed by atoms with E-state index in [1.54, 1.807) is 7.11 Å². The molecule has 0 saturated carbocycles. The second-order valence-electron chi connectivity index (χ2n) is 10.8. The highest BCUT2D eigenvalue weighted by atomic mass is 16.7. The number of Topliss-reactive ketones (excluding diaryl/α,β-unsaturated/α-hetero) is 2. The number of nitrogens with one attached hydrogen (secondary N) is 1. The number of aryl methyl sites for hydroxylation is 1. The minimum absolute atomic E-state index is 0.000180. The zero-order chi connectivity index (χ0) is 29.0. The van der Waals surface area contributed by atoms with Crippen molar-refractivity contribution in [2.75, 3.05) is 34.6 Å². The monoisotopic (exact) mass is 550 g/mol. The molecular formula is C29H34N4O7. The fourth-order valence-electron chi connectivity index (χ4n) is 7.06. The number of carbonyl (C=O) groups excluding carboxylic acids is 3. The first-order chi connectivity index (χ1) is 19.1. The van der Waals surface area contributed by atoms with Crippen molar-refractivity contribution in [1.82, 2.24) is 15.1 Å². The van der Waals surface area contributed by atoms with Gasteiger partial charge in [0.1, 0.15) is 11.8 Å². The molecule has 5 rings (SSSR count).